The Hall–Kier alpha value is -1.70. The van der Waals surface area contributed by atoms with E-state index >= 15 is 0 Å². The molecular formula is C24H31BO. The van der Waals surface area contributed by atoms with Crippen molar-refractivity contribution in [2.45, 2.75) is 78.6 Å². The third-order valence-corrected chi connectivity index (χ3v) is 5.18. The van der Waals surface area contributed by atoms with Crippen LogP contribution >= 0.6 is 0 Å². The largest absolute Gasteiger partial charge is 0.455 e. The maximum absolute atomic E-state index is 6.53. The summed E-state index contributed by atoms with van der Waals surface area (Å²) in [4.78, 5) is 0. The van der Waals surface area contributed by atoms with Crippen molar-refractivity contribution in [3.8, 4) is 0 Å². The highest BCUT2D eigenvalue weighted by Gasteiger charge is 2.27. The van der Waals surface area contributed by atoms with Crippen LogP contribution < -0.4 is 5.46 Å². The summed E-state index contributed by atoms with van der Waals surface area (Å²) in [5.74, 6) is 0. The molecule has 2 heteroatoms. The summed E-state index contributed by atoms with van der Waals surface area (Å²) >= 11 is 0. The molecule has 136 valence electrons. The molecule has 0 unspecified atom stereocenters. The average Bonchev–Trinajstić information content (AvgIpc) is 2.80. The third-order valence-electron chi connectivity index (χ3n) is 5.18. The molecule has 0 fully saturated rings. The lowest BCUT2D eigenvalue weighted by Gasteiger charge is -2.25. The number of furan rings is 1. The van der Waals surface area contributed by atoms with Crippen molar-refractivity contribution in [1.82, 2.24) is 0 Å². The van der Waals surface area contributed by atoms with Crippen molar-refractivity contribution in [3.05, 3.63) is 41.0 Å². The molecule has 0 aliphatic heterocycles. The lowest BCUT2D eigenvalue weighted by Crippen LogP contribution is -2.16. The van der Waals surface area contributed by atoms with E-state index in [0.29, 0.717) is 0 Å². The summed E-state index contributed by atoms with van der Waals surface area (Å²) in [6.45, 7) is 20.2. The van der Waals surface area contributed by atoms with Gasteiger partial charge in [-0.25, -0.2) is 0 Å². The number of fused-ring (bicyclic) bond motifs is 3. The number of hydrogen-bond donors (Lipinski definition) is 0. The van der Waals surface area contributed by atoms with Gasteiger partial charge in [0.25, 0.3) is 0 Å². The topological polar surface area (TPSA) is 13.1 Å². The van der Waals surface area contributed by atoms with E-state index in [1.807, 2.05) is 0 Å². The molecule has 1 heterocycles. The Labute approximate surface area is 159 Å². The van der Waals surface area contributed by atoms with E-state index in [0.717, 1.165) is 22.0 Å². The van der Waals surface area contributed by atoms with Gasteiger partial charge in [0, 0.05) is 21.9 Å². The van der Waals surface area contributed by atoms with E-state index in [1.165, 1.54) is 22.1 Å². The Balaban J connectivity index is 2.55. The van der Waals surface area contributed by atoms with Crippen LogP contribution in [-0.4, -0.2) is 7.85 Å². The molecular weight excluding hydrogens is 315 g/mol. The van der Waals surface area contributed by atoms with Crippen LogP contribution in [0.2, 0.25) is 0 Å². The van der Waals surface area contributed by atoms with E-state index in [2.05, 4.69) is 86.6 Å². The van der Waals surface area contributed by atoms with Gasteiger partial charge in [0.15, 0.2) is 0 Å². The highest BCUT2D eigenvalue weighted by molar-refractivity contribution is 6.34. The molecule has 0 bridgehead atoms. The van der Waals surface area contributed by atoms with Crippen LogP contribution in [0.15, 0.2) is 28.7 Å². The summed E-state index contributed by atoms with van der Waals surface area (Å²) in [6, 6.07) is 8.74. The summed E-state index contributed by atoms with van der Waals surface area (Å²) in [7, 11) is 6.28. The Kier molecular flexibility index (Phi) is 4.14. The quantitative estimate of drug-likeness (QED) is 0.437. The molecule has 0 spiro atoms. The smallest absolute Gasteiger partial charge is 0.139 e. The van der Waals surface area contributed by atoms with E-state index in [9.17, 15) is 0 Å². The van der Waals surface area contributed by atoms with Crippen LogP contribution in [0.1, 0.15) is 79.0 Å². The fraction of sp³-hybridized carbons (Fsp3) is 0.500. The lowest BCUT2D eigenvalue weighted by molar-refractivity contribution is 0.551. The van der Waals surface area contributed by atoms with Crippen LogP contribution in [0, 0.1) is 0 Å². The number of rotatable bonds is 0. The van der Waals surface area contributed by atoms with Gasteiger partial charge in [-0.15, -0.1) is 0 Å². The molecule has 0 saturated heterocycles. The summed E-state index contributed by atoms with van der Waals surface area (Å²) in [5, 5.41) is 2.30. The van der Waals surface area contributed by atoms with E-state index < -0.39 is 0 Å². The second-order valence-corrected chi connectivity index (χ2v) is 10.7. The fourth-order valence-electron chi connectivity index (χ4n) is 3.55. The molecule has 3 aromatic rings. The molecule has 0 atom stereocenters. The van der Waals surface area contributed by atoms with Gasteiger partial charge in [-0.2, -0.15) is 0 Å². The van der Waals surface area contributed by atoms with Crippen molar-refractivity contribution in [1.29, 1.82) is 0 Å². The number of benzene rings is 2. The Morgan fingerprint density at radius 2 is 1.08 bits per heavy atom. The molecule has 0 aliphatic carbocycles. The van der Waals surface area contributed by atoms with Crippen LogP contribution in [0.4, 0.5) is 0 Å². The zero-order valence-electron chi connectivity index (χ0n) is 17.8. The Bertz CT molecular complexity index is 986. The predicted octanol–water partition coefficient (Wildman–Crippen LogP) is 6.27. The second-order valence-electron chi connectivity index (χ2n) is 10.7. The summed E-state index contributed by atoms with van der Waals surface area (Å²) in [6.07, 6.45) is 0. The Morgan fingerprint density at radius 1 is 0.615 bits per heavy atom. The van der Waals surface area contributed by atoms with E-state index in [4.69, 9.17) is 12.3 Å². The molecule has 0 aliphatic rings. The zero-order valence-corrected chi connectivity index (χ0v) is 17.8. The normalized spacial score (nSPS) is 13.7. The van der Waals surface area contributed by atoms with Crippen molar-refractivity contribution < 1.29 is 4.42 Å². The van der Waals surface area contributed by atoms with Crippen LogP contribution in [-0.2, 0) is 16.2 Å². The molecule has 0 N–H and O–H groups in total. The van der Waals surface area contributed by atoms with Crippen LogP contribution in [0.5, 0.6) is 0 Å². The maximum Gasteiger partial charge on any atom is 0.139 e. The minimum Gasteiger partial charge on any atom is -0.455 e. The molecule has 1 nitrogen and oxygen atoms in total. The van der Waals surface area contributed by atoms with Gasteiger partial charge in [0.1, 0.15) is 19.0 Å². The van der Waals surface area contributed by atoms with Crippen LogP contribution in [0.3, 0.4) is 0 Å². The van der Waals surface area contributed by atoms with Gasteiger partial charge >= 0.3 is 0 Å². The first kappa shape index (κ1) is 19.1. The van der Waals surface area contributed by atoms with E-state index in [-0.39, 0.29) is 16.2 Å². The van der Waals surface area contributed by atoms with Crippen molar-refractivity contribution in [2.24, 2.45) is 0 Å². The van der Waals surface area contributed by atoms with Gasteiger partial charge in [0.05, 0.1) is 0 Å². The second kappa shape index (κ2) is 5.65. The molecule has 0 amide bonds. The molecule has 26 heavy (non-hydrogen) atoms. The first-order valence-electron chi connectivity index (χ1n) is 9.51. The lowest BCUT2D eigenvalue weighted by atomic mass is 9.79. The molecule has 2 radical (unpaired) electrons. The van der Waals surface area contributed by atoms with Gasteiger partial charge in [-0.3, -0.25) is 0 Å². The third kappa shape index (κ3) is 3.19. The van der Waals surface area contributed by atoms with Gasteiger partial charge < -0.3 is 4.42 Å². The average molecular weight is 346 g/mol. The predicted molar refractivity (Wildman–Crippen MR) is 115 cm³/mol. The highest BCUT2D eigenvalue weighted by atomic mass is 16.3. The van der Waals surface area contributed by atoms with E-state index in [1.54, 1.807) is 0 Å². The molecule has 3 rings (SSSR count). The first-order valence-corrected chi connectivity index (χ1v) is 9.51. The highest BCUT2D eigenvalue weighted by Crippen LogP contribution is 2.42. The fourth-order valence-corrected chi connectivity index (χ4v) is 3.55. The maximum atomic E-state index is 6.53. The Morgan fingerprint density at radius 3 is 1.54 bits per heavy atom. The van der Waals surface area contributed by atoms with Crippen molar-refractivity contribution >= 4 is 35.2 Å². The molecule has 1 aromatic heterocycles. The first-order chi connectivity index (χ1) is 11.7. The van der Waals surface area contributed by atoms with Crippen molar-refractivity contribution in [3.63, 3.8) is 0 Å². The molecule has 2 aromatic carbocycles. The summed E-state index contributed by atoms with van der Waals surface area (Å²) < 4.78 is 6.53. The monoisotopic (exact) mass is 346 g/mol. The zero-order chi connectivity index (χ0) is 19.7. The summed E-state index contributed by atoms with van der Waals surface area (Å²) in [5.41, 5.74) is 6.56. The molecule has 0 saturated carbocycles. The van der Waals surface area contributed by atoms with Gasteiger partial charge in [-0.1, -0.05) is 86.0 Å². The van der Waals surface area contributed by atoms with Crippen molar-refractivity contribution in [2.75, 3.05) is 0 Å². The number of hydrogen-bond acceptors (Lipinski definition) is 1. The van der Waals surface area contributed by atoms with Crippen LogP contribution in [0.25, 0.3) is 21.9 Å². The van der Waals surface area contributed by atoms with Gasteiger partial charge in [-0.05, 0) is 27.9 Å². The minimum absolute atomic E-state index is 0.000820. The van der Waals surface area contributed by atoms with Gasteiger partial charge in [0.2, 0.25) is 0 Å². The minimum atomic E-state index is -0.0315. The standard InChI is InChI=1S/C24H31BO/c1-22(2,3)14-10-16-17-12-15(25)13-19(24(7,8)9)21(17)26-20(16)18(11-14)23(4,5)6/h10-13H,1-9H3. The SMILES string of the molecule is [B]c1cc(C(C)(C)C)c2oc3c(C(C)(C)C)cc(C(C)(C)C)cc3c2c1.